The molecule has 16 heavy (non-hydrogen) atoms. The van der Waals surface area contributed by atoms with Gasteiger partial charge in [0.1, 0.15) is 11.5 Å². The van der Waals surface area contributed by atoms with Crippen LogP contribution in [-0.2, 0) is 8.85 Å². The zero-order chi connectivity index (χ0) is 12.8. The molecule has 2 nitrogen and oxygen atoms in total. The summed E-state index contributed by atoms with van der Waals surface area (Å²) in [4.78, 5) is 0. The van der Waals surface area contributed by atoms with Crippen LogP contribution in [-0.4, -0.2) is 16.6 Å². The van der Waals surface area contributed by atoms with Gasteiger partial charge < -0.3 is 8.85 Å². The molecule has 0 unspecified atom stereocenters. The zero-order valence-electron chi connectivity index (χ0n) is 12.0. The van der Waals surface area contributed by atoms with Crippen molar-refractivity contribution >= 4 is 16.6 Å². The lowest BCUT2D eigenvalue weighted by atomic mass is 9.76. The smallest absolute Gasteiger partial charge is 0.241 e. The molecule has 0 radical (unpaired) electrons. The molecule has 0 bridgehead atoms. The van der Waals surface area contributed by atoms with E-state index in [0.29, 0.717) is 0 Å². The third-order valence-corrected chi connectivity index (χ3v) is 3.98. The summed E-state index contributed by atoms with van der Waals surface area (Å²) in [6.45, 7) is 17.8. The standard InChI is InChI=1S/C12H26O2Si2/c1-12(2)9-10(13-15(3,4)5)11(12)14-16(6,7)8/h9H2,1-8H3. The van der Waals surface area contributed by atoms with E-state index < -0.39 is 16.6 Å². The minimum absolute atomic E-state index is 0.176. The molecule has 0 aliphatic heterocycles. The molecule has 94 valence electrons. The van der Waals surface area contributed by atoms with Crippen LogP contribution < -0.4 is 0 Å². The highest BCUT2D eigenvalue weighted by molar-refractivity contribution is 6.70. The topological polar surface area (TPSA) is 18.5 Å². The van der Waals surface area contributed by atoms with Crippen LogP contribution in [0.15, 0.2) is 11.5 Å². The third-order valence-electron chi connectivity index (χ3n) is 2.31. The van der Waals surface area contributed by atoms with Gasteiger partial charge in [-0.15, -0.1) is 0 Å². The fourth-order valence-electron chi connectivity index (χ4n) is 1.79. The molecule has 0 atom stereocenters. The van der Waals surface area contributed by atoms with Crippen molar-refractivity contribution in [3.8, 4) is 0 Å². The van der Waals surface area contributed by atoms with Crippen LogP contribution >= 0.6 is 0 Å². The quantitative estimate of drug-likeness (QED) is 0.699. The van der Waals surface area contributed by atoms with E-state index in [-0.39, 0.29) is 5.41 Å². The van der Waals surface area contributed by atoms with Gasteiger partial charge in [0, 0.05) is 11.8 Å². The van der Waals surface area contributed by atoms with Gasteiger partial charge in [-0.05, 0) is 39.3 Å². The van der Waals surface area contributed by atoms with E-state index in [1.165, 1.54) is 0 Å². The lowest BCUT2D eigenvalue weighted by Gasteiger charge is -2.44. The third kappa shape index (κ3) is 3.66. The van der Waals surface area contributed by atoms with Gasteiger partial charge in [0.25, 0.3) is 0 Å². The molecule has 0 aromatic rings. The van der Waals surface area contributed by atoms with E-state index in [1.807, 2.05) is 0 Å². The summed E-state index contributed by atoms with van der Waals surface area (Å²) in [5, 5.41) is 0. The molecule has 0 saturated heterocycles. The second kappa shape index (κ2) is 3.91. The van der Waals surface area contributed by atoms with Crippen molar-refractivity contribution in [3.63, 3.8) is 0 Å². The predicted molar refractivity (Wildman–Crippen MR) is 74.3 cm³/mol. The van der Waals surface area contributed by atoms with Gasteiger partial charge in [0.2, 0.25) is 16.6 Å². The maximum atomic E-state index is 6.16. The summed E-state index contributed by atoms with van der Waals surface area (Å²) in [7, 11) is -3.01. The molecule has 4 heteroatoms. The van der Waals surface area contributed by atoms with Gasteiger partial charge in [-0.2, -0.15) is 0 Å². The monoisotopic (exact) mass is 258 g/mol. The van der Waals surface area contributed by atoms with Gasteiger partial charge in [0.05, 0.1) is 0 Å². The largest absolute Gasteiger partial charge is 0.545 e. The molecule has 1 aliphatic carbocycles. The summed E-state index contributed by atoms with van der Waals surface area (Å²) in [5.41, 5.74) is 0.176. The van der Waals surface area contributed by atoms with E-state index in [4.69, 9.17) is 8.85 Å². The van der Waals surface area contributed by atoms with Crippen LogP contribution in [0, 0.1) is 5.41 Å². The molecule has 0 amide bonds. The van der Waals surface area contributed by atoms with Crippen molar-refractivity contribution < 1.29 is 8.85 Å². The minimum Gasteiger partial charge on any atom is -0.545 e. The molecule has 0 aromatic heterocycles. The Bertz CT molecular complexity index is 306. The van der Waals surface area contributed by atoms with Crippen molar-refractivity contribution in [1.82, 2.24) is 0 Å². The maximum absolute atomic E-state index is 6.16. The van der Waals surface area contributed by atoms with Gasteiger partial charge in [-0.1, -0.05) is 13.8 Å². The lowest BCUT2D eigenvalue weighted by Crippen LogP contribution is -2.40. The molecule has 1 aliphatic rings. The normalized spacial score (nSPS) is 20.5. The highest BCUT2D eigenvalue weighted by atomic mass is 28.4. The first-order valence-electron chi connectivity index (χ1n) is 6.02. The molecule has 0 heterocycles. The molecular weight excluding hydrogens is 232 g/mol. The average Bonchev–Trinajstić information content (AvgIpc) is 1.95. The summed E-state index contributed by atoms with van der Waals surface area (Å²) in [6.07, 6.45) is 1.02. The van der Waals surface area contributed by atoms with Gasteiger partial charge in [-0.3, -0.25) is 0 Å². The number of hydrogen-bond acceptors (Lipinski definition) is 2. The summed E-state index contributed by atoms with van der Waals surface area (Å²) in [5.74, 6) is 2.24. The van der Waals surface area contributed by atoms with Crippen molar-refractivity contribution in [1.29, 1.82) is 0 Å². The summed E-state index contributed by atoms with van der Waals surface area (Å²) >= 11 is 0. The van der Waals surface area contributed by atoms with E-state index >= 15 is 0 Å². The second-order valence-corrected chi connectivity index (χ2v) is 16.1. The van der Waals surface area contributed by atoms with Crippen LogP contribution in [0.4, 0.5) is 0 Å². The van der Waals surface area contributed by atoms with Gasteiger partial charge in [0.15, 0.2) is 0 Å². The predicted octanol–water partition coefficient (Wildman–Crippen LogP) is 4.33. The average molecular weight is 259 g/mol. The Labute approximate surface area is 102 Å². The summed E-state index contributed by atoms with van der Waals surface area (Å²) in [6, 6.07) is 0. The Morgan fingerprint density at radius 2 is 1.31 bits per heavy atom. The van der Waals surface area contributed by atoms with Crippen molar-refractivity contribution in [2.45, 2.75) is 59.6 Å². The molecular formula is C12H26O2Si2. The van der Waals surface area contributed by atoms with E-state index in [1.54, 1.807) is 0 Å². The van der Waals surface area contributed by atoms with E-state index in [0.717, 1.165) is 17.9 Å². The fraction of sp³-hybridized carbons (Fsp3) is 0.833. The lowest BCUT2D eigenvalue weighted by molar-refractivity contribution is 0.153. The Morgan fingerprint density at radius 1 is 0.875 bits per heavy atom. The highest BCUT2D eigenvalue weighted by Crippen LogP contribution is 2.48. The first-order chi connectivity index (χ1) is 6.91. The van der Waals surface area contributed by atoms with Crippen molar-refractivity contribution in [2.75, 3.05) is 0 Å². The Morgan fingerprint density at radius 3 is 1.62 bits per heavy atom. The second-order valence-electron chi connectivity index (χ2n) is 7.24. The first kappa shape index (κ1) is 13.8. The minimum atomic E-state index is -1.52. The van der Waals surface area contributed by atoms with Gasteiger partial charge >= 0.3 is 0 Å². The van der Waals surface area contributed by atoms with E-state index in [2.05, 4.69) is 53.1 Å². The number of rotatable bonds is 4. The van der Waals surface area contributed by atoms with E-state index in [9.17, 15) is 0 Å². The number of allylic oxidation sites excluding steroid dienone is 2. The highest BCUT2D eigenvalue weighted by Gasteiger charge is 2.43. The van der Waals surface area contributed by atoms with Crippen molar-refractivity contribution in [3.05, 3.63) is 11.5 Å². The van der Waals surface area contributed by atoms with Crippen LogP contribution in [0.25, 0.3) is 0 Å². The number of hydrogen-bond donors (Lipinski definition) is 0. The Kier molecular flexibility index (Phi) is 3.38. The summed E-state index contributed by atoms with van der Waals surface area (Å²) < 4.78 is 12.2. The Hall–Kier alpha value is -0.226. The molecule has 0 saturated carbocycles. The van der Waals surface area contributed by atoms with Crippen molar-refractivity contribution in [2.24, 2.45) is 5.41 Å². The molecule has 0 aromatic carbocycles. The molecule has 0 fully saturated rings. The maximum Gasteiger partial charge on any atom is 0.241 e. The van der Waals surface area contributed by atoms with Crippen LogP contribution in [0.3, 0.4) is 0 Å². The first-order valence-corrected chi connectivity index (χ1v) is 12.8. The van der Waals surface area contributed by atoms with Crippen LogP contribution in [0.1, 0.15) is 20.3 Å². The molecule has 0 N–H and O–H groups in total. The molecule has 1 rings (SSSR count). The van der Waals surface area contributed by atoms with Crippen LogP contribution in [0.2, 0.25) is 39.3 Å². The molecule has 0 spiro atoms. The van der Waals surface area contributed by atoms with Gasteiger partial charge in [-0.25, -0.2) is 0 Å². The van der Waals surface area contributed by atoms with Crippen LogP contribution in [0.5, 0.6) is 0 Å². The zero-order valence-corrected chi connectivity index (χ0v) is 14.0. The Balaban J connectivity index is 2.85. The SMILES string of the molecule is CC1(C)CC(O[Si](C)(C)C)=C1O[Si](C)(C)C. The fourth-order valence-corrected chi connectivity index (χ4v) is 3.69.